The molecule has 0 bridgehead atoms. The van der Waals surface area contributed by atoms with Crippen LogP contribution < -0.4 is 5.32 Å². The quantitative estimate of drug-likeness (QED) is 0.865. The number of carboxylic acid groups (broad SMARTS) is 1. The number of rotatable bonds is 5. The number of nitrogens with one attached hydrogen (secondary N) is 1. The summed E-state index contributed by atoms with van der Waals surface area (Å²) >= 11 is 0. The number of imidazole rings is 1. The molecule has 2 aromatic heterocycles. The highest BCUT2D eigenvalue weighted by Crippen LogP contribution is 2.29. The van der Waals surface area contributed by atoms with Crippen molar-refractivity contribution in [3.63, 3.8) is 0 Å². The number of carboxylic acids is 1. The van der Waals surface area contributed by atoms with E-state index in [1.54, 1.807) is 6.20 Å². The second-order valence-corrected chi connectivity index (χ2v) is 5.35. The highest BCUT2D eigenvalue weighted by atomic mass is 16.5. The molecule has 1 fully saturated rings. The molecule has 2 N–H and O–H groups in total. The molecule has 2 aromatic rings. The Kier molecular flexibility index (Phi) is 4.52. The van der Waals surface area contributed by atoms with Gasteiger partial charge in [0.25, 0.3) is 0 Å². The summed E-state index contributed by atoms with van der Waals surface area (Å²) in [6.07, 6.45) is 8.09. The molecule has 0 amide bonds. The van der Waals surface area contributed by atoms with Gasteiger partial charge in [-0.3, -0.25) is 0 Å². The molecule has 2 atom stereocenters. The third-order valence-corrected chi connectivity index (χ3v) is 3.87. The van der Waals surface area contributed by atoms with Gasteiger partial charge in [0, 0.05) is 25.5 Å². The zero-order valence-electron chi connectivity index (χ0n) is 12.8. The average Bonchev–Trinajstić information content (AvgIpc) is 3.04. The largest absolute Gasteiger partial charge is 0.476 e. The van der Waals surface area contributed by atoms with E-state index in [0.717, 1.165) is 25.2 Å². The standard InChI is InChI=1S/C15H19N5O3/c1-2-20-6-5-16-14(20)13-10(4-3-7-23-13)19-12-9-17-11(8-18-12)15(21)22/h5-6,8-10,13H,2-4,7H2,1H3,(H,18,19)(H,21,22)/t10-,13-/m0/s1. The molecule has 0 unspecified atom stereocenters. The minimum absolute atomic E-state index is 0.0152. The molecule has 122 valence electrons. The van der Waals surface area contributed by atoms with Crippen LogP contribution in [0.2, 0.25) is 0 Å². The topological polar surface area (TPSA) is 102 Å². The van der Waals surface area contributed by atoms with Gasteiger partial charge < -0.3 is 19.7 Å². The van der Waals surface area contributed by atoms with Crippen molar-refractivity contribution in [2.24, 2.45) is 0 Å². The molecule has 0 aromatic carbocycles. The lowest BCUT2D eigenvalue weighted by molar-refractivity contribution is -0.00179. The summed E-state index contributed by atoms with van der Waals surface area (Å²) in [6.45, 7) is 3.59. The maximum atomic E-state index is 10.8. The van der Waals surface area contributed by atoms with Gasteiger partial charge in [-0.2, -0.15) is 0 Å². The molecule has 1 aliphatic heterocycles. The number of hydrogen-bond acceptors (Lipinski definition) is 6. The Balaban J connectivity index is 1.77. The van der Waals surface area contributed by atoms with Crippen molar-refractivity contribution < 1.29 is 14.6 Å². The van der Waals surface area contributed by atoms with Crippen LogP contribution in [0.4, 0.5) is 5.82 Å². The summed E-state index contributed by atoms with van der Waals surface area (Å²) in [5.74, 6) is 0.331. The maximum absolute atomic E-state index is 10.8. The Hall–Kier alpha value is -2.48. The molecule has 8 heteroatoms. The van der Waals surface area contributed by atoms with Gasteiger partial charge in [-0.25, -0.2) is 19.7 Å². The predicted octanol–water partition coefficient (Wildman–Crippen LogP) is 1.72. The number of hydrogen-bond donors (Lipinski definition) is 2. The summed E-state index contributed by atoms with van der Waals surface area (Å²) in [6, 6.07) is 0.0152. The average molecular weight is 317 g/mol. The molecule has 0 spiro atoms. The lowest BCUT2D eigenvalue weighted by Gasteiger charge is -2.32. The summed E-state index contributed by atoms with van der Waals surface area (Å²) in [7, 11) is 0. The SMILES string of the molecule is CCn1ccnc1[C@H]1OCCC[C@@H]1Nc1cnc(C(=O)O)cn1. The number of aryl methyl sites for hydroxylation is 1. The summed E-state index contributed by atoms with van der Waals surface area (Å²) in [4.78, 5) is 23.2. The van der Waals surface area contributed by atoms with Crippen molar-refractivity contribution in [3.8, 4) is 0 Å². The Bertz CT molecular complexity index is 670. The van der Waals surface area contributed by atoms with Gasteiger partial charge in [0.15, 0.2) is 5.69 Å². The van der Waals surface area contributed by atoms with Crippen LogP contribution in [0.15, 0.2) is 24.8 Å². The van der Waals surface area contributed by atoms with E-state index in [0.29, 0.717) is 12.4 Å². The molecule has 1 aliphatic rings. The van der Waals surface area contributed by atoms with Gasteiger partial charge >= 0.3 is 5.97 Å². The van der Waals surface area contributed by atoms with E-state index in [1.165, 1.54) is 12.4 Å². The van der Waals surface area contributed by atoms with Crippen LogP contribution in [-0.4, -0.2) is 43.2 Å². The van der Waals surface area contributed by atoms with Gasteiger partial charge in [-0.15, -0.1) is 0 Å². The van der Waals surface area contributed by atoms with Crippen LogP contribution >= 0.6 is 0 Å². The highest BCUT2D eigenvalue weighted by molar-refractivity contribution is 5.84. The Morgan fingerprint density at radius 3 is 3.00 bits per heavy atom. The monoisotopic (exact) mass is 317 g/mol. The molecule has 23 heavy (non-hydrogen) atoms. The number of nitrogens with zero attached hydrogens (tertiary/aromatic N) is 4. The first kappa shape index (κ1) is 15.4. The van der Waals surface area contributed by atoms with E-state index in [2.05, 4.69) is 31.8 Å². The Morgan fingerprint density at radius 1 is 1.43 bits per heavy atom. The van der Waals surface area contributed by atoms with Crippen molar-refractivity contribution in [1.82, 2.24) is 19.5 Å². The van der Waals surface area contributed by atoms with E-state index in [9.17, 15) is 4.79 Å². The van der Waals surface area contributed by atoms with E-state index in [1.807, 2.05) is 6.20 Å². The fraction of sp³-hybridized carbons (Fsp3) is 0.467. The zero-order chi connectivity index (χ0) is 16.2. The Labute approximate surface area is 133 Å². The van der Waals surface area contributed by atoms with E-state index < -0.39 is 5.97 Å². The number of ether oxygens (including phenoxy) is 1. The third-order valence-electron chi connectivity index (χ3n) is 3.87. The highest BCUT2D eigenvalue weighted by Gasteiger charge is 2.30. The van der Waals surface area contributed by atoms with Crippen LogP contribution in [0.3, 0.4) is 0 Å². The smallest absolute Gasteiger partial charge is 0.356 e. The van der Waals surface area contributed by atoms with E-state index >= 15 is 0 Å². The van der Waals surface area contributed by atoms with Crippen molar-refractivity contribution in [1.29, 1.82) is 0 Å². The third kappa shape index (κ3) is 3.31. The van der Waals surface area contributed by atoms with E-state index in [-0.39, 0.29) is 17.8 Å². The molecule has 3 rings (SSSR count). The molecular formula is C15H19N5O3. The van der Waals surface area contributed by atoms with Crippen molar-refractivity contribution >= 4 is 11.8 Å². The van der Waals surface area contributed by atoms with Crippen LogP contribution in [0.1, 0.15) is 42.2 Å². The van der Waals surface area contributed by atoms with Crippen LogP contribution in [-0.2, 0) is 11.3 Å². The fourth-order valence-electron chi connectivity index (χ4n) is 2.73. The van der Waals surface area contributed by atoms with Gasteiger partial charge in [-0.1, -0.05) is 0 Å². The van der Waals surface area contributed by atoms with Gasteiger partial charge in [0.2, 0.25) is 0 Å². The van der Waals surface area contributed by atoms with Crippen LogP contribution in [0.25, 0.3) is 0 Å². The number of aromatic nitrogens is 4. The molecule has 8 nitrogen and oxygen atoms in total. The van der Waals surface area contributed by atoms with Crippen LogP contribution in [0, 0.1) is 0 Å². The molecule has 3 heterocycles. The first-order valence-corrected chi connectivity index (χ1v) is 7.63. The van der Waals surface area contributed by atoms with Crippen molar-refractivity contribution in [2.75, 3.05) is 11.9 Å². The number of aromatic carboxylic acids is 1. The molecule has 0 radical (unpaired) electrons. The normalized spacial score (nSPS) is 21.1. The fourth-order valence-corrected chi connectivity index (χ4v) is 2.73. The maximum Gasteiger partial charge on any atom is 0.356 e. The zero-order valence-corrected chi connectivity index (χ0v) is 12.8. The Morgan fingerprint density at radius 2 is 2.30 bits per heavy atom. The summed E-state index contributed by atoms with van der Waals surface area (Å²) < 4.78 is 7.98. The van der Waals surface area contributed by atoms with Crippen molar-refractivity contribution in [3.05, 3.63) is 36.3 Å². The first-order valence-electron chi connectivity index (χ1n) is 7.63. The molecule has 0 saturated carbocycles. The molecule has 1 saturated heterocycles. The number of carbonyl (C=O) groups is 1. The van der Waals surface area contributed by atoms with Crippen LogP contribution in [0.5, 0.6) is 0 Å². The molecular weight excluding hydrogens is 298 g/mol. The number of anilines is 1. The van der Waals surface area contributed by atoms with Gasteiger partial charge in [0.1, 0.15) is 17.7 Å². The lowest BCUT2D eigenvalue weighted by atomic mass is 10.0. The lowest BCUT2D eigenvalue weighted by Crippen LogP contribution is -2.35. The van der Waals surface area contributed by atoms with Gasteiger partial charge in [0.05, 0.1) is 18.4 Å². The second-order valence-electron chi connectivity index (χ2n) is 5.35. The molecule has 0 aliphatic carbocycles. The van der Waals surface area contributed by atoms with E-state index in [4.69, 9.17) is 9.84 Å². The van der Waals surface area contributed by atoms with Crippen molar-refractivity contribution in [2.45, 2.75) is 38.5 Å². The summed E-state index contributed by atoms with van der Waals surface area (Å²) in [5, 5.41) is 12.2. The first-order chi connectivity index (χ1) is 11.2. The minimum atomic E-state index is -1.09. The second kappa shape index (κ2) is 6.74. The summed E-state index contributed by atoms with van der Waals surface area (Å²) in [5.41, 5.74) is -0.0754. The minimum Gasteiger partial charge on any atom is -0.476 e. The predicted molar refractivity (Wildman–Crippen MR) is 82.2 cm³/mol. The van der Waals surface area contributed by atoms with Gasteiger partial charge in [-0.05, 0) is 19.8 Å².